The maximum absolute atomic E-state index is 12.5. The van der Waals surface area contributed by atoms with Gasteiger partial charge in [-0.1, -0.05) is 0 Å². The van der Waals surface area contributed by atoms with Crippen LogP contribution in [0.2, 0.25) is 0 Å². The van der Waals surface area contributed by atoms with Gasteiger partial charge in [-0.15, -0.1) is 11.3 Å². The van der Waals surface area contributed by atoms with Crippen molar-refractivity contribution in [2.75, 3.05) is 19.5 Å². The van der Waals surface area contributed by atoms with Gasteiger partial charge >= 0.3 is 0 Å². The first-order chi connectivity index (χ1) is 11.7. The highest BCUT2D eigenvalue weighted by Gasteiger charge is 2.14. The molecule has 0 saturated heterocycles. The first-order valence-corrected chi connectivity index (χ1v) is 7.98. The Labute approximate surface area is 143 Å². The summed E-state index contributed by atoms with van der Waals surface area (Å²) in [7, 11) is 3.11. The molecule has 1 aromatic carbocycles. The minimum absolute atomic E-state index is 0.307. The topological polar surface area (TPSA) is 73.3 Å². The average Bonchev–Trinajstić information content (AvgIpc) is 3.12. The fourth-order valence-corrected chi connectivity index (χ4v) is 2.91. The molecule has 122 valence electrons. The average molecular weight is 341 g/mol. The maximum Gasteiger partial charge on any atom is 0.275 e. The van der Waals surface area contributed by atoms with Gasteiger partial charge in [0.25, 0.3) is 5.91 Å². The molecule has 0 aliphatic rings. The largest absolute Gasteiger partial charge is 0.497 e. The summed E-state index contributed by atoms with van der Waals surface area (Å²) >= 11 is 1.40. The van der Waals surface area contributed by atoms with Gasteiger partial charge in [-0.25, -0.2) is 4.98 Å². The van der Waals surface area contributed by atoms with Gasteiger partial charge in [0.1, 0.15) is 22.2 Å². The maximum atomic E-state index is 12.5. The van der Waals surface area contributed by atoms with Crippen molar-refractivity contribution in [1.82, 2.24) is 9.97 Å². The summed E-state index contributed by atoms with van der Waals surface area (Å²) < 4.78 is 10.4. The van der Waals surface area contributed by atoms with Crippen LogP contribution in [-0.2, 0) is 0 Å². The van der Waals surface area contributed by atoms with Crippen LogP contribution in [0, 0.1) is 0 Å². The number of rotatable bonds is 5. The Bertz CT molecular complexity index is 849. The Morgan fingerprint density at radius 3 is 2.62 bits per heavy atom. The summed E-state index contributed by atoms with van der Waals surface area (Å²) in [4.78, 5) is 20.8. The molecule has 2 aromatic heterocycles. The summed E-state index contributed by atoms with van der Waals surface area (Å²) in [6, 6.07) is 8.90. The fraction of sp³-hybridized carbons (Fsp3) is 0.118. The third-order valence-corrected chi connectivity index (χ3v) is 4.21. The minimum atomic E-state index is -0.307. The Morgan fingerprint density at radius 2 is 1.92 bits per heavy atom. The monoisotopic (exact) mass is 341 g/mol. The zero-order valence-corrected chi connectivity index (χ0v) is 14.0. The van der Waals surface area contributed by atoms with Crippen LogP contribution in [0.4, 0.5) is 5.69 Å². The molecule has 0 fully saturated rings. The van der Waals surface area contributed by atoms with Gasteiger partial charge in [-0.3, -0.25) is 9.78 Å². The molecule has 0 spiro atoms. The molecule has 2 heterocycles. The number of hydrogen-bond donors (Lipinski definition) is 1. The second-order valence-electron chi connectivity index (χ2n) is 4.79. The number of carbonyl (C=O) groups excluding carboxylic acids is 1. The van der Waals surface area contributed by atoms with E-state index in [1.54, 1.807) is 50.2 Å². The van der Waals surface area contributed by atoms with E-state index >= 15 is 0 Å². The lowest BCUT2D eigenvalue weighted by molar-refractivity contribution is 0.102. The molecule has 6 nitrogen and oxygen atoms in total. The first kappa shape index (κ1) is 15.9. The normalized spacial score (nSPS) is 10.2. The highest BCUT2D eigenvalue weighted by atomic mass is 32.1. The SMILES string of the molecule is COc1ccc(OC)c(NC(=O)c2csc(-c3ccncc3)n2)c1. The number of amides is 1. The Kier molecular flexibility index (Phi) is 4.72. The zero-order valence-electron chi connectivity index (χ0n) is 13.1. The Balaban J connectivity index is 1.82. The van der Waals surface area contributed by atoms with Gasteiger partial charge in [0, 0.05) is 29.4 Å². The van der Waals surface area contributed by atoms with Crippen molar-refractivity contribution in [2.45, 2.75) is 0 Å². The number of methoxy groups -OCH3 is 2. The molecule has 1 N–H and O–H groups in total. The first-order valence-electron chi connectivity index (χ1n) is 7.10. The second-order valence-corrected chi connectivity index (χ2v) is 5.65. The summed E-state index contributed by atoms with van der Waals surface area (Å²) in [5.41, 5.74) is 1.80. The van der Waals surface area contributed by atoms with Crippen molar-refractivity contribution in [3.05, 3.63) is 53.8 Å². The van der Waals surface area contributed by atoms with E-state index in [2.05, 4.69) is 15.3 Å². The summed E-state index contributed by atoms with van der Waals surface area (Å²) in [6.07, 6.45) is 3.38. The number of nitrogens with zero attached hydrogens (tertiary/aromatic N) is 2. The Hall–Kier alpha value is -2.93. The van der Waals surface area contributed by atoms with E-state index in [1.165, 1.54) is 11.3 Å². The number of ether oxygens (including phenoxy) is 2. The molecule has 3 aromatic rings. The number of nitrogens with one attached hydrogen (secondary N) is 1. The van der Waals surface area contributed by atoms with Gasteiger partial charge in [-0.05, 0) is 24.3 Å². The standard InChI is InChI=1S/C17H15N3O3S/c1-22-12-3-4-15(23-2)13(9-12)19-16(21)14-10-24-17(20-14)11-5-7-18-8-6-11/h3-10H,1-2H3,(H,19,21). The highest BCUT2D eigenvalue weighted by Crippen LogP contribution is 2.30. The van der Waals surface area contributed by atoms with Gasteiger partial charge in [0.05, 0.1) is 19.9 Å². The van der Waals surface area contributed by atoms with Crippen molar-refractivity contribution >= 4 is 22.9 Å². The number of aromatic nitrogens is 2. The summed E-state index contributed by atoms with van der Waals surface area (Å²) in [6.45, 7) is 0. The molecule has 0 aliphatic carbocycles. The summed E-state index contributed by atoms with van der Waals surface area (Å²) in [5, 5.41) is 5.29. The molecule has 0 aliphatic heterocycles. The number of pyridine rings is 1. The summed E-state index contributed by atoms with van der Waals surface area (Å²) in [5.74, 6) is 0.869. The molecular weight excluding hydrogens is 326 g/mol. The van der Waals surface area contributed by atoms with Crippen LogP contribution in [-0.4, -0.2) is 30.1 Å². The van der Waals surface area contributed by atoms with Crippen molar-refractivity contribution in [2.24, 2.45) is 0 Å². The van der Waals surface area contributed by atoms with Crippen LogP contribution < -0.4 is 14.8 Å². The number of hydrogen-bond acceptors (Lipinski definition) is 6. The zero-order chi connectivity index (χ0) is 16.9. The van der Waals surface area contributed by atoms with E-state index in [9.17, 15) is 4.79 Å². The third-order valence-electron chi connectivity index (χ3n) is 3.32. The molecule has 0 unspecified atom stereocenters. The molecule has 24 heavy (non-hydrogen) atoms. The predicted molar refractivity (Wildman–Crippen MR) is 92.8 cm³/mol. The molecular formula is C17H15N3O3S. The van der Waals surface area contributed by atoms with Crippen LogP contribution in [0.15, 0.2) is 48.1 Å². The van der Waals surface area contributed by atoms with E-state index in [0.29, 0.717) is 22.9 Å². The molecule has 0 radical (unpaired) electrons. The smallest absolute Gasteiger partial charge is 0.275 e. The van der Waals surface area contributed by atoms with Gasteiger partial charge in [0.2, 0.25) is 0 Å². The minimum Gasteiger partial charge on any atom is -0.497 e. The van der Waals surface area contributed by atoms with E-state index in [-0.39, 0.29) is 5.91 Å². The molecule has 3 rings (SSSR count). The third kappa shape index (κ3) is 3.36. The number of carbonyl (C=O) groups is 1. The van der Waals surface area contributed by atoms with Crippen molar-refractivity contribution in [3.63, 3.8) is 0 Å². The lowest BCUT2D eigenvalue weighted by atomic mass is 10.2. The van der Waals surface area contributed by atoms with E-state index in [0.717, 1.165) is 10.6 Å². The number of anilines is 1. The van der Waals surface area contributed by atoms with Crippen LogP contribution >= 0.6 is 11.3 Å². The van der Waals surface area contributed by atoms with Crippen LogP contribution in [0.1, 0.15) is 10.5 Å². The molecule has 0 saturated carbocycles. The van der Waals surface area contributed by atoms with Crippen molar-refractivity contribution in [3.8, 4) is 22.1 Å². The van der Waals surface area contributed by atoms with Gasteiger partial charge < -0.3 is 14.8 Å². The van der Waals surface area contributed by atoms with E-state index < -0.39 is 0 Å². The van der Waals surface area contributed by atoms with Crippen LogP contribution in [0.5, 0.6) is 11.5 Å². The lowest BCUT2D eigenvalue weighted by Gasteiger charge is -2.10. The van der Waals surface area contributed by atoms with Crippen LogP contribution in [0.3, 0.4) is 0 Å². The lowest BCUT2D eigenvalue weighted by Crippen LogP contribution is -2.13. The van der Waals surface area contributed by atoms with Gasteiger partial charge in [0.15, 0.2) is 0 Å². The molecule has 7 heteroatoms. The predicted octanol–water partition coefficient (Wildman–Crippen LogP) is 3.47. The van der Waals surface area contributed by atoms with E-state index in [1.807, 2.05) is 12.1 Å². The van der Waals surface area contributed by atoms with E-state index in [4.69, 9.17) is 9.47 Å². The second kappa shape index (κ2) is 7.10. The molecule has 1 amide bonds. The fourth-order valence-electron chi connectivity index (χ4n) is 2.10. The van der Waals surface area contributed by atoms with Crippen LogP contribution in [0.25, 0.3) is 10.6 Å². The van der Waals surface area contributed by atoms with Crippen molar-refractivity contribution < 1.29 is 14.3 Å². The van der Waals surface area contributed by atoms with Gasteiger partial charge in [-0.2, -0.15) is 0 Å². The number of benzene rings is 1. The highest BCUT2D eigenvalue weighted by molar-refractivity contribution is 7.13. The van der Waals surface area contributed by atoms with Crippen molar-refractivity contribution in [1.29, 1.82) is 0 Å². The molecule has 0 atom stereocenters. The quantitative estimate of drug-likeness (QED) is 0.769. The Morgan fingerprint density at radius 1 is 1.12 bits per heavy atom. The number of thiazole rings is 1. The molecule has 0 bridgehead atoms.